The second kappa shape index (κ2) is 6.50. The molecule has 0 aliphatic heterocycles. The highest BCUT2D eigenvalue weighted by molar-refractivity contribution is 9.10. The van der Waals surface area contributed by atoms with Gasteiger partial charge in [0.2, 0.25) is 0 Å². The number of aliphatic hydroxyl groups is 1. The smallest absolute Gasteiger partial charge is 0.125 e. The molecule has 0 spiro atoms. The summed E-state index contributed by atoms with van der Waals surface area (Å²) in [6, 6.07) is 5.41. The first-order chi connectivity index (χ1) is 7.54. The van der Waals surface area contributed by atoms with E-state index in [4.69, 9.17) is 27.9 Å². The molecule has 0 saturated heterocycles. The summed E-state index contributed by atoms with van der Waals surface area (Å²) in [5.74, 6) is 0.592. The lowest BCUT2D eigenvalue weighted by Gasteiger charge is -2.13. The molecule has 0 aliphatic rings. The van der Waals surface area contributed by atoms with Gasteiger partial charge in [-0.3, -0.25) is 0 Å². The first-order valence-corrected chi connectivity index (χ1v) is 6.20. The van der Waals surface area contributed by atoms with Gasteiger partial charge in [-0.05, 0) is 25.1 Å². The minimum absolute atomic E-state index is 0.187. The van der Waals surface area contributed by atoms with E-state index in [2.05, 4.69) is 15.9 Å². The average molecular weight is 326 g/mol. The fourth-order valence-corrected chi connectivity index (χ4v) is 1.65. The van der Waals surface area contributed by atoms with E-state index in [9.17, 15) is 5.11 Å². The predicted molar refractivity (Wildman–Crippen MR) is 70.1 cm³/mol. The van der Waals surface area contributed by atoms with Crippen molar-refractivity contribution in [3.05, 3.63) is 38.8 Å². The Labute approximate surface area is 113 Å². The van der Waals surface area contributed by atoms with Crippen LogP contribution in [0.25, 0.3) is 0 Å². The second-order valence-corrected chi connectivity index (χ2v) is 4.82. The van der Waals surface area contributed by atoms with Gasteiger partial charge in [0.05, 0.1) is 11.1 Å². The standard InChI is InChI=1S/C11H11BrCl2O2/c1-7(15)10-4-8(12)2-3-11(10)16-6-9(14)5-13/h2-5,7,15H,6H2,1H3/t7-/m1/s1. The Morgan fingerprint density at radius 2 is 2.31 bits per heavy atom. The minimum atomic E-state index is -0.605. The summed E-state index contributed by atoms with van der Waals surface area (Å²) in [6.07, 6.45) is -0.605. The maximum absolute atomic E-state index is 9.58. The number of hydrogen-bond donors (Lipinski definition) is 1. The highest BCUT2D eigenvalue weighted by Crippen LogP contribution is 2.28. The summed E-state index contributed by atoms with van der Waals surface area (Å²) in [5.41, 5.74) is 1.95. The molecule has 0 aliphatic carbocycles. The van der Waals surface area contributed by atoms with Crippen molar-refractivity contribution in [1.82, 2.24) is 0 Å². The maximum Gasteiger partial charge on any atom is 0.125 e. The molecule has 0 bridgehead atoms. The van der Waals surface area contributed by atoms with Crippen molar-refractivity contribution in [2.24, 2.45) is 0 Å². The van der Waals surface area contributed by atoms with Crippen LogP contribution in [0.15, 0.2) is 33.2 Å². The van der Waals surface area contributed by atoms with Gasteiger partial charge in [-0.1, -0.05) is 39.1 Å². The lowest BCUT2D eigenvalue weighted by atomic mass is 10.1. The van der Waals surface area contributed by atoms with Crippen LogP contribution in [-0.2, 0) is 0 Å². The third-order valence-corrected chi connectivity index (χ3v) is 2.99. The Balaban J connectivity index is 2.87. The van der Waals surface area contributed by atoms with Gasteiger partial charge in [0, 0.05) is 15.6 Å². The molecule has 0 aromatic heterocycles. The van der Waals surface area contributed by atoms with Crippen molar-refractivity contribution in [3.8, 4) is 5.75 Å². The average Bonchev–Trinajstić information content (AvgIpc) is 2.26. The van der Waals surface area contributed by atoms with Crippen LogP contribution < -0.4 is 4.74 Å². The second-order valence-electron chi connectivity index (χ2n) is 3.20. The number of aliphatic hydroxyl groups excluding tert-OH is 1. The Bertz CT molecular complexity index is 392. The number of halogens is 3. The van der Waals surface area contributed by atoms with Crippen molar-refractivity contribution < 1.29 is 9.84 Å². The summed E-state index contributed by atoms with van der Waals surface area (Å²) in [5, 5.41) is 9.98. The zero-order valence-corrected chi connectivity index (χ0v) is 11.7. The molecule has 0 amide bonds. The third kappa shape index (κ3) is 3.98. The first-order valence-electron chi connectivity index (χ1n) is 4.59. The van der Waals surface area contributed by atoms with E-state index in [0.717, 1.165) is 4.47 Å². The third-order valence-electron chi connectivity index (χ3n) is 1.91. The Morgan fingerprint density at radius 1 is 1.62 bits per heavy atom. The van der Waals surface area contributed by atoms with Crippen LogP contribution in [0, 0.1) is 0 Å². The van der Waals surface area contributed by atoms with Gasteiger partial charge in [-0.25, -0.2) is 0 Å². The van der Waals surface area contributed by atoms with Gasteiger partial charge >= 0.3 is 0 Å². The summed E-state index contributed by atoms with van der Waals surface area (Å²) in [7, 11) is 0. The Morgan fingerprint density at radius 3 is 2.88 bits per heavy atom. The molecule has 0 heterocycles. The van der Waals surface area contributed by atoms with Crippen LogP contribution in [0.5, 0.6) is 5.75 Å². The van der Waals surface area contributed by atoms with E-state index in [1.807, 2.05) is 6.07 Å². The normalized spacial score (nSPS) is 13.7. The fraction of sp³-hybridized carbons (Fsp3) is 0.273. The van der Waals surface area contributed by atoms with Crippen molar-refractivity contribution in [1.29, 1.82) is 0 Å². The zero-order valence-electron chi connectivity index (χ0n) is 8.58. The van der Waals surface area contributed by atoms with Crippen LogP contribution in [-0.4, -0.2) is 11.7 Å². The summed E-state index contributed by atoms with van der Waals surface area (Å²) in [4.78, 5) is 0. The Kier molecular flexibility index (Phi) is 5.62. The molecule has 1 N–H and O–H groups in total. The molecular weight excluding hydrogens is 315 g/mol. The monoisotopic (exact) mass is 324 g/mol. The van der Waals surface area contributed by atoms with Crippen LogP contribution in [0.2, 0.25) is 0 Å². The molecule has 1 aromatic rings. The number of rotatable bonds is 4. The van der Waals surface area contributed by atoms with E-state index in [0.29, 0.717) is 16.3 Å². The SMILES string of the molecule is C[C@@H](O)c1cc(Br)ccc1OCC(Cl)=CCl. The quantitative estimate of drug-likeness (QED) is 0.899. The van der Waals surface area contributed by atoms with Gasteiger partial charge < -0.3 is 9.84 Å². The van der Waals surface area contributed by atoms with Gasteiger partial charge in [-0.2, -0.15) is 0 Å². The highest BCUT2D eigenvalue weighted by Gasteiger charge is 2.10. The number of benzene rings is 1. The fourth-order valence-electron chi connectivity index (χ4n) is 1.16. The topological polar surface area (TPSA) is 29.5 Å². The van der Waals surface area contributed by atoms with E-state index < -0.39 is 6.10 Å². The summed E-state index contributed by atoms with van der Waals surface area (Å²) >= 11 is 14.5. The van der Waals surface area contributed by atoms with Crippen molar-refractivity contribution >= 4 is 39.1 Å². The first kappa shape index (κ1) is 13.8. The predicted octanol–water partition coefficient (Wildman–Crippen LogP) is 4.20. The summed E-state index contributed by atoms with van der Waals surface area (Å²) in [6.45, 7) is 1.86. The van der Waals surface area contributed by atoms with E-state index in [1.54, 1.807) is 19.1 Å². The highest BCUT2D eigenvalue weighted by atomic mass is 79.9. The molecule has 5 heteroatoms. The van der Waals surface area contributed by atoms with Crippen LogP contribution in [0.3, 0.4) is 0 Å². The molecule has 1 aromatic carbocycles. The number of ether oxygens (including phenoxy) is 1. The minimum Gasteiger partial charge on any atom is -0.488 e. The lowest BCUT2D eigenvalue weighted by Crippen LogP contribution is -2.02. The molecule has 1 rings (SSSR count). The molecule has 0 radical (unpaired) electrons. The van der Waals surface area contributed by atoms with Gasteiger partial charge in [0.15, 0.2) is 0 Å². The van der Waals surface area contributed by atoms with Crippen molar-refractivity contribution in [2.45, 2.75) is 13.0 Å². The van der Waals surface area contributed by atoms with Crippen LogP contribution in [0.4, 0.5) is 0 Å². The molecule has 2 nitrogen and oxygen atoms in total. The summed E-state index contributed by atoms with van der Waals surface area (Å²) < 4.78 is 6.32. The molecule has 0 fully saturated rings. The Hall–Kier alpha value is -0.220. The van der Waals surface area contributed by atoms with Gasteiger partial charge in [0.25, 0.3) is 0 Å². The molecule has 88 valence electrons. The molecular formula is C11H11BrCl2O2. The van der Waals surface area contributed by atoms with Gasteiger partial charge in [-0.15, -0.1) is 0 Å². The van der Waals surface area contributed by atoms with E-state index in [1.165, 1.54) is 5.54 Å². The van der Waals surface area contributed by atoms with Crippen LogP contribution >= 0.6 is 39.1 Å². The zero-order chi connectivity index (χ0) is 12.1. The van der Waals surface area contributed by atoms with E-state index in [-0.39, 0.29) is 6.61 Å². The molecule has 0 saturated carbocycles. The van der Waals surface area contributed by atoms with Crippen molar-refractivity contribution in [3.63, 3.8) is 0 Å². The molecule has 0 unspecified atom stereocenters. The molecule has 1 atom stereocenters. The van der Waals surface area contributed by atoms with Crippen LogP contribution in [0.1, 0.15) is 18.6 Å². The maximum atomic E-state index is 9.58. The van der Waals surface area contributed by atoms with Gasteiger partial charge in [0.1, 0.15) is 12.4 Å². The van der Waals surface area contributed by atoms with E-state index >= 15 is 0 Å². The number of hydrogen-bond acceptors (Lipinski definition) is 2. The largest absolute Gasteiger partial charge is 0.488 e. The molecule has 16 heavy (non-hydrogen) atoms. The van der Waals surface area contributed by atoms with Crippen molar-refractivity contribution in [2.75, 3.05) is 6.61 Å². The lowest BCUT2D eigenvalue weighted by molar-refractivity contribution is 0.192.